The predicted molar refractivity (Wildman–Crippen MR) is 198 cm³/mol. The average molecular weight is 617 g/mol. The summed E-state index contributed by atoms with van der Waals surface area (Å²) >= 11 is 6.83. The van der Waals surface area contributed by atoms with Gasteiger partial charge in [0.15, 0.2) is 7.38 Å². The molecule has 0 bridgehead atoms. The molecular formula is C42H49ClSi. The summed E-state index contributed by atoms with van der Waals surface area (Å²) in [7, 11) is -1.79. The molecule has 44 heavy (non-hydrogen) atoms. The molecule has 6 rings (SSSR count). The summed E-state index contributed by atoms with van der Waals surface area (Å²) in [5, 5.41) is 0. The van der Waals surface area contributed by atoms with E-state index >= 15 is 0 Å². The Bertz CT molecular complexity index is 1710. The van der Waals surface area contributed by atoms with Crippen molar-refractivity contribution in [1.82, 2.24) is 0 Å². The van der Waals surface area contributed by atoms with Crippen molar-refractivity contribution >= 4 is 30.6 Å². The van der Waals surface area contributed by atoms with Gasteiger partial charge >= 0.3 is 0 Å². The van der Waals surface area contributed by atoms with Crippen LogP contribution in [0.5, 0.6) is 0 Å². The Morgan fingerprint density at radius 3 is 1.57 bits per heavy atom. The lowest BCUT2D eigenvalue weighted by molar-refractivity contribution is 0.590. The normalized spacial score (nSPS) is 16.0. The molecule has 1 unspecified atom stereocenters. The van der Waals surface area contributed by atoms with Crippen molar-refractivity contribution < 1.29 is 0 Å². The first kappa shape index (κ1) is 32.3. The van der Waals surface area contributed by atoms with Crippen molar-refractivity contribution in [1.29, 1.82) is 0 Å². The maximum Gasteiger partial charge on any atom is 0.161 e. The Hall–Kier alpha value is -3.13. The van der Waals surface area contributed by atoms with Gasteiger partial charge in [-0.05, 0) is 86.7 Å². The van der Waals surface area contributed by atoms with Gasteiger partial charge in [0.05, 0.1) is 0 Å². The minimum Gasteiger partial charge on any atom is -0.167 e. The van der Waals surface area contributed by atoms with E-state index < -0.39 is 7.38 Å². The largest absolute Gasteiger partial charge is 0.167 e. The van der Waals surface area contributed by atoms with Crippen molar-refractivity contribution in [3.8, 4) is 22.3 Å². The molecule has 0 aromatic heterocycles. The van der Waals surface area contributed by atoms with E-state index in [-0.39, 0.29) is 10.8 Å². The van der Waals surface area contributed by atoms with E-state index in [4.69, 9.17) is 11.1 Å². The Balaban J connectivity index is 0.000000177. The number of fused-ring (bicyclic) bond motifs is 2. The van der Waals surface area contributed by atoms with Gasteiger partial charge in [0.1, 0.15) is 0 Å². The third kappa shape index (κ3) is 6.75. The predicted octanol–water partition coefficient (Wildman–Crippen LogP) is 12.7. The van der Waals surface area contributed by atoms with Gasteiger partial charge in [-0.3, -0.25) is 0 Å². The minimum absolute atomic E-state index is 0.187. The molecule has 2 aliphatic rings. The fraction of sp³-hybridized carbons (Fsp3) is 0.333. The van der Waals surface area contributed by atoms with E-state index in [1.807, 2.05) is 0 Å². The molecular weight excluding hydrogens is 568 g/mol. The van der Waals surface area contributed by atoms with Crippen molar-refractivity contribution in [2.24, 2.45) is 0 Å². The Kier molecular flexibility index (Phi) is 8.79. The van der Waals surface area contributed by atoms with Crippen LogP contribution in [-0.2, 0) is 17.3 Å². The molecule has 2 heteroatoms. The lowest BCUT2D eigenvalue weighted by atomic mass is 9.86. The van der Waals surface area contributed by atoms with Gasteiger partial charge in [-0.15, -0.1) is 0 Å². The lowest BCUT2D eigenvalue weighted by Crippen LogP contribution is -2.28. The van der Waals surface area contributed by atoms with Crippen LogP contribution in [0.3, 0.4) is 0 Å². The van der Waals surface area contributed by atoms with Gasteiger partial charge in [0.2, 0.25) is 0 Å². The van der Waals surface area contributed by atoms with Crippen LogP contribution in [0.25, 0.3) is 34.4 Å². The third-order valence-electron chi connectivity index (χ3n) is 9.14. The molecule has 0 N–H and O–H groups in total. The van der Waals surface area contributed by atoms with Crippen LogP contribution >= 0.6 is 11.1 Å². The van der Waals surface area contributed by atoms with Gasteiger partial charge in [-0.1, -0.05) is 163 Å². The molecule has 0 spiro atoms. The number of hydrogen-bond donors (Lipinski definition) is 0. The van der Waals surface area contributed by atoms with Crippen LogP contribution in [-0.4, -0.2) is 7.38 Å². The second-order valence-electron chi connectivity index (χ2n) is 15.4. The van der Waals surface area contributed by atoms with Gasteiger partial charge in [-0.25, -0.2) is 0 Å². The van der Waals surface area contributed by atoms with E-state index in [1.165, 1.54) is 66.8 Å². The van der Waals surface area contributed by atoms with Gasteiger partial charge in [0, 0.05) is 5.54 Å². The smallest absolute Gasteiger partial charge is 0.161 e. The molecule has 0 heterocycles. The van der Waals surface area contributed by atoms with Crippen LogP contribution in [0.4, 0.5) is 0 Å². The summed E-state index contributed by atoms with van der Waals surface area (Å²) in [6, 6.07) is 31.4. The average Bonchev–Trinajstić information content (AvgIpc) is 3.50. The molecule has 0 amide bonds. The molecule has 2 aliphatic carbocycles. The number of rotatable bonds is 3. The third-order valence-corrected chi connectivity index (χ3v) is 11.9. The van der Waals surface area contributed by atoms with Crippen LogP contribution in [0.2, 0.25) is 13.1 Å². The number of allylic oxidation sites excluding steroid dienone is 2. The molecule has 0 nitrogen and oxygen atoms in total. The highest BCUT2D eigenvalue weighted by Crippen LogP contribution is 2.46. The van der Waals surface area contributed by atoms with E-state index in [0.717, 1.165) is 6.42 Å². The second kappa shape index (κ2) is 12.0. The molecule has 0 radical (unpaired) electrons. The minimum atomic E-state index is -1.79. The Morgan fingerprint density at radius 1 is 0.614 bits per heavy atom. The fourth-order valence-electron chi connectivity index (χ4n) is 6.80. The first-order chi connectivity index (χ1) is 20.5. The SMILES string of the molecule is CC1=Cc2c(-c3ccc(C(C)(C)C)cc3)cccc2C1[Si](C)(C)Cl.CC1=Cc2c(cccc2-c2ccc(C(C)(C)C)cc2)C1. The van der Waals surface area contributed by atoms with Crippen LogP contribution in [0.1, 0.15) is 94.3 Å². The van der Waals surface area contributed by atoms with E-state index in [0.29, 0.717) is 5.54 Å². The van der Waals surface area contributed by atoms with Gasteiger partial charge in [-0.2, -0.15) is 11.1 Å². The van der Waals surface area contributed by atoms with Gasteiger partial charge in [0.25, 0.3) is 0 Å². The maximum absolute atomic E-state index is 6.83. The molecule has 4 aromatic carbocycles. The van der Waals surface area contributed by atoms with Crippen molar-refractivity contribution in [3.63, 3.8) is 0 Å². The molecule has 0 saturated carbocycles. The van der Waals surface area contributed by atoms with Crippen molar-refractivity contribution in [2.45, 2.75) is 91.3 Å². The standard InChI is InChI=1S/C22H27ClSi.C20H22/c1-15-14-20-18(8-7-9-19(20)21(15)24(5,6)23)16-10-12-17(13-11-16)22(2,3)4;1-14-12-16-6-5-7-18(19(16)13-14)15-8-10-17(11-9-15)20(2,3)4/h7-14,21H,1-6H3;5-11,13H,12H2,1-4H3. The highest BCUT2D eigenvalue weighted by Gasteiger charge is 2.37. The monoisotopic (exact) mass is 616 g/mol. The van der Waals surface area contributed by atoms with Crippen molar-refractivity contribution in [2.75, 3.05) is 0 Å². The first-order valence-electron chi connectivity index (χ1n) is 16.0. The molecule has 1 atom stereocenters. The highest BCUT2D eigenvalue weighted by atomic mass is 35.6. The zero-order valence-electron chi connectivity index (χ0n) is 28.4. The molecule has 4 aromatic rings. The Morgan fingerprint density at radius 2 is 1.09 bits per heavy atom. The number of hydrogen-bond acceptors (Lipinski definition) is 0. The highest BCUT2D eigenvalue weighted by molar-refractivity contribution is 7.20. The second-order valence-corrected chi connectivity index (χ2v) is 22.0. The fourth-order valence-corrected chi connectivity index (χ4v) is 9.83. The summed E-state index contributed by atoms with van der Waals surface area (Å²) in [6.07, 6.45) is 5.79. The summed E-state index contributed by atoms with van der Waals surface area (Å²) in [5.74, 6) is 0. The summed E-state index contributed by atoms with van der Waals surface area (Å²) < 4.78 is 0. The number of halogens is 1. The van der Waals surface area contributed by atoms with E-state index in [2.05, 4.69) is 166 Å². The topological polar surface area (TPSA) is 0 Å². The molecule has 0 aliphatic heterocycles. The summed E-state index contributed by atoms with van der Waals surface area (Å²) in [5.41, 5.74) is 17.4. The maximum atomic E-state index is 6.83. The summed E-state index contributed by atoms with van der Waals surface area (Å²) in [6.45, 7) is 22.5. The quantitative estimate of drug-likeness (QED) is 0.159. The number of benzene rings is 4. The van der Waals surface area contributed by atoms with Crippen LogP contribution in [0, 0.1) is 0 Å². The lowest BCUT2D eigenvalue weighted by Gasteiger charge is -2.25. The first-order valence-corrected chi connectivity index (χ1v) is 20.1. The zero-order valence-corrected chi connectivity index (χ0v) is 30.2. The summed E-state index contributed by atoms with van der Waals surface area (Å²) in [4.78, 5) is 0. The van der Waals surface area contributed by atoms with Crippen LogP contribution in [0.15, 0.2) is 96.1 Å². The van der Waals surface area contributed by atoms with E-state index in [9.17, 15) is 0 Å². The van der Waals surface area contributed by atoms with Crippen molar-refractivity contribution in [3.05, 3.63) is 129 Å². The Labute approximate surface area is 272 Å². The van der Waals surface area contributed by atoms with Gasteiger partial charge < -0.3 is 0 Å². The molecule has 0 saturated heterocycles. The van der Waals surface area contributed by atoms with E-state index in [1.54, 1.807) is 0 Å². The molecule has 0 fully saturated rings. The zero-order chi connectivity index (χ0) is 32.0. The van der Waals surface area contributed by atoms with Crippen LogP contribution < -0.4 is 0 Å². The molecule has 228 valence electrons.